The third-order valence-electron chi connectivity index (χ3n) is 12.7. The summed E-state index contributed by atoms with van der Waals surface area (Å²) in [6, 6.07) is 17.3. The number of imidazole rings is 4. The number of nitrogens with one attached hydrogen (secondary N) is 4. The minimum Gasteiger partial charge on any atom is -0.453 e. The summed E-state index contributed by atoms with van der Waals surface area (Å²) in [5.41, 5.74) is 6.98. The number of fused-ring (bicyclic) bond motifs is 3. The molecule has 2 aliphatic rings. The maximum absolute atomic E-state index is 14.2. The number of benzene rings is 3. The zero-order valence-corrected chi connectivity index (χ0v) is 38.9. The van der Waals surface area contributed by atoms with Crippen molar-refractivity contribution in [2.45, 2.75) is 69.0 Å². The molecule has 2 aliphatic heterocycles. The fourth-order valence-corrected chi connectivity index (χ4v) is 12.4. The van der Waals surface area contributed by atoms with Gasteiger partial charge in [0.15, 0.2) is 0 Å². The minimum atomic E-state index is -1.83. The van der Waals surface area contributed by atoms with Crippen LogP contribution < -0.4 is 10.6 Å². The normalized spacial score (nSPS) is 17.8. The highest BCUT2D eigenvalue weighted by molar-refractivity contribution is 6.78. The summed E-state index contributed by atoms with van der Waals surface area (Å²) in [7, 11) is 4.45. The monoisotopic (exact) mass is 910 g/mol. The van der Waals surface area contributed by atoms with Gasteiger partial charge in [-0.1, -0.05) is 55.6 Å². The second-order valence-electron chi connectivity index (χ2n) is 18.2. The molecule has 4 aromatic heterocycles. The smallest absolute Gasteiger partial charge is 0.407 e. The van der Waals surface area contributed by atoms with Crippen LogP contribution in [0.1, 0.15) is 48.0 Å². The lowest BCUT2D eigenvalue weighted by Crippen LogP contribution is -2.50. The van der Waals surface area contributed by atoms with Crippen molar-refractivity contribution in [3.8, 4) is 22.4 Å². The average molecular weight is 911 g/mol. The number of methoxy groups -OCH3 is 2. The Morgan fingerprint density at radius 1 is 0.758 bits per heavy atom. The number of H-pyrrole nitrogens is 2. The molecular weight excluding hydrogens is 857 g/mol. The van der Waals surface area contributed by atoms with Crippen molar-refractivity contribution in [1.29, 1.82) is 0 Å². The summed E-state index contributed by atoms with van der Waals surface area (Å²) in [6.45, 7) is 5.07. The number of carbonyl (C=O) groups is 4. The molecule has 7 aromatic rings. The molecule has 4 atom stereocenters. The average Bonchev–Trinajstić information content (AvgIpc) is 4.18. The van der Waals surface area contributed by atoms with Crippen LogP contribution in [0.25, 0.3) is 44.2 Å². The van der Waals surface area contributed by atoms with Crippen LogP contribution in [0.3, 0.4) is 0 Å². The Morgan fingerprint density at radius 3 is 2.00 bits per heavy atom. The number of rotatable bonds is 12. The molecule has 18 nitrogen and oxygen atoms in total. The molecule has 2 saturated heterocycles. The van der Waals surface area contributed by atoms with Crippen LogP contribution in [0.4, 0.5) is 9.59 Å². The van der Waals surface area contributed by atoms with E-state index in [0.717, 1.165) is 63.1 Å². The van der Waals surface area contributed by atoms with E-state index in [4.69, 9.17) is 19.4 Å². The largest absolute Gasteiger partial charge is 0.453 e. The van der Waals surface area contributed by atoms with Crippen LogP contribution in [-0.2, 0) is 46.0 Å². The summed E-state index contributed by atoms with van der Waals surface area (Å²) in [5.74, 6) is 1.02. The van der Waals surface area contributed by atoms with Crippen molar-refractivity contribution in [3.05, 3.63) is 109 Å². The van der Waals surface area contributed by atoms with E-state index >= 15 is 0 Å². The van der Waals surface area contributed by atoms with E-state index in [1.165, 1.54) is 14.2 Å². The molecule has 4 amide bonds. The highest BCUT2D eigenvalue weighted by Crippen LogP contribution is 2.39. The number of hydrogen-bond acceptors (Lipinski definition) is 10. The van der Waals surface area contributed by atoms with E-state index in [-0.39, 0.29) is 36.7 Å². The van der Waals surface area contributed by atoms with E-state index in [1.54, 1.807) is 22.1 Å². The Bertz CT molecular complexity index is 2940. The van der Waals surface area contributed by atoms with Crippen LogP contribution >= 0.6 is 0 Å². The van der Waals surface area contributed by atoms with Crippen LogP contribution in [0.5, 0.6) is 0 Å². The van der Waals surface area contributed by atoms with Gasteiger partial charge in [-0.05, 0) is 53.1 Å². The Balaban J connectivity index is 0.912. The topological polar surface area (TPSA) is 210 Å². The van der Waals surface area contributed by atoms with Crippen LogP contribution in [-0.4, -0.2) is 120 Å². The first-order chi connectivity index (χ1) is 31.7. The van der Waals surface area contributed by atoms with E-state index in [2.05, 4.69) is 92.2 Å². The Morgan fingerprint density at radius 2 is 1.38 bits per heavy atom. The second kappa shape index (κ2) is 17.9. The number of aromatic nitrogens is 8. The number of ether oxygens (including phenoxy) is 2. The summed E-state index contributed by atoms with van der Waals surface area (Å²) in [5, 5.41) is 7.50. The highest BCUT2D eigenvalue weighted by atomic mass is 28.3. The van der Waals surface area contributed by atoms with Gasteiger partial charge in [-0.15, -0.1) is 0 Å². The molecular formula is C47H54N12O6Si. The molecule has 6 heterocycles. The minimum absolute atomic E-state index is 0.190. The number of amides is 4. The second-order valence-corrected chi connectivity index (χ2v) is 23.2. The Hall–Kier alpha value is -7.28. The number of carbonyl (C=O) groups excluding carboxylic acids is 4. The van der Waals surface area contributed by atoms with Gasteiger partial charge in [0.05, 0.1) is 81.3 Å². The van der Waals surface area contributed by atoms with Gasteiger partial charge in [0, 0.05) is 57.4 Å². The van der Waals surface area contributed by atoms with Gasteiger partial charge >= 0.3 is 12.2 Å². The van der Waals surface area contributed by atoms with Gasteiger partial charge in [-0.2, -0.15) is 0 Å². The van der Waals surface area contributed by atoms with Gasteiger partial charge in [-0.25, -0.2) is 29.5 Å². The van der Waals surface area contributed by atoms with Crippen molar-refractivity contribution >= 4 is 53.9 Å². The quantitative estimate of drug-likeness (QED) is 0.106. The SMILES string of the molecule is COC(=O)N[C@H](Cc1cn(C)cn1)C(=O)N1CCC[C@@H]1c1nc2c(ccc3cc(-c4ccc(-c5cnc([C@@H]6C[Si](C)(C)CN6C(=O)[C@@H](Cc6cn(C)cn6)NC(=O)OC)[nH]5)cc4)ccc32)[nH]1. The number of aromatic amines is 2. The number of hydrogen-bond donors (Lipinski definition) is 4. The van der Waals surface area contributed by atoms with Crippen molar-refractivity contribution in [1.82, 2.24) is 59.5 Å². The summed E-state index contributed by atoms with van der Waals surface area (Å²) < 4.78 is 13.4. The molecule has 0 spiro atoms. The highest BCUT2D eigenvalue weighted by Gasteiger charge is 2.45. The van der Waals surface area contributed by atoms with Crippen LogP contribution in [0.2, 0.25) is 19.1 Å². The zero-order chi connectivity index (χ0) is 46.3. The molecule has 9 rings (SSSR count). The molecule has 3 aromatic carbocycles. The standard InChI is InChI=1S/C47H54N12O6Si/c1-56-22-32(49-25-56)19-36(53-46(62)64-3)44(60)58-17-7-8-39(58)43-51-35-16-14-31-18-30(13-15-34(31)41(35)55-43)28-9-11-29(12-10-28)38-21-48-42(52-38)40-24-66(5,6)27-59(40)45(61)37(54-47(63)65-4)20-33-23-57(2)26-50-33/h9-16,18,21-23,25-26,36-37,39-40H,7-8,17,19-20,24,27H2,1-6H3,(H,48,52)(H,51,55)(H,53,62)(H,54,63)/t36-,37-,39-,40+/m1/s1. The molecule has 0 bridgehead atoms. The van der Waals surface area contributed by atoms with E-state index in [0.29, 0.717) is 35.7 Å². The van der Waals surface area contributed by atoms with E-state index in [9.17, 15) is 19.2 Å². The molecule has 0 radical (unpaired) electrons. The Kier molecular flexibility index (Phi) is 11.9. The zero-order valence-electron chi connectivity index (χ0n) is 37.9. The van der Waals surface area contributed by atoms with Crippen LogP contribution in [0.15, 0.2) is 85.8 Å². The summed E-state index contributed by atoms with van der Waals surface area (Å²) in [6.07, 6.45) is 10.1. The Labute approximate surface area is 382 Å². The third kappa shape index (κ3) is 9.02. The maximum atomic E-state index is 14.2. The molecule has 2 fully saturated rings. The first kappa shape index (κ1) is 43.9. The van der Waals surface area contributed by atoms with Crippen molar-refractivity contribution < 1.29 is 28.7 Å². The lowest BCUT2D eigenvalue weighted by Gasteiger charge is -2.28. The van der Waals surface area contributed by atoms with Gasteiger partial charge in [0.25, 0.3) is 0 Å². The lowest BCUT2D eigenvalue weighted by molar-refractivity contribution is -0.135. The molecule has 0 aliphatic carbocycles. The van der Waals surface area contributed by atoms with Gasteiger partial charge in [0.2, 0.25) is 11.8 Å². The molecule has 19 heteroatoms. The molecule has 4 N–H and O–H groups in total. The van der Waals surface area contributed by atoms with E-state index < -0.39 is 32.3 Å². The first-order valence-corrected chi connectivity index (χ1v) is 25.5. The molecule has 342 valence electrons. The van der Waals surface area contributed by atoms with Gasteiger partial charge < -0.3 is 49.0 Å². The summed E-state index contributed by atoms with van der Waals surface area (Å²) >= 11 is 0. The van der Waals surface area contributed by atoms with E-state index in [1.807, 2.05) is 48.2 Å². The number of alkyl carbamates (subject to hydrolysis) is 2. The van der Waals surface area contributed by atoms with Crippen molar-refractivity contribution in [2.24, 2.45) is 14.1 Å². The fourth-order valence-electron chi connectivity index (χ4n) is 9.48. The fraction of sp³-hybridized carbons (Fsp3) is 0.362. The predicted molar refractivity (Wildman–Crippen MR) is 250 cm³/mol. The number of nitrogens with zero attached hydrogens (tertiary/aromatic N) is 8. The predicted octanol–water partition coefficient (Wildman–Crippen LogP) is 5.97. The van der Waals surface area contributed by atoms with Crippen LogP contribution in [0, 0.1) is 0 Å². The van der Waals surface area contributed by atoms with Crippen molar-refractivity contribution in [3.63, 3.8) is 0 Å². The maximum Gasteiger partial charge on any atom is 0.407 e. The van der Waals surface area contributed by atoms with Gasteiger partial charge in [-0.3, -0.25) is 9.59 Å². The number of likely N-dealkylation sites (tertiary alicyclic amines) is 1. The summed E-state index contributed by atoms with van der Waals surface area (Å²) in [4.78, 5) is 82.4. The first-order valence-electron chi connectivity index (χ1n) is 22.1. The number of aryl methyl sites for hydroxylation is 2. The lowest BCUT2D eigenvalue weighted by atomic mass is 9.99. The van der Waals surface area contributed by atoms with Crippen molar-refractivity contribution in [2.75, 3.05) is 26.9 Å². The molecule has 66 heavy (non-hydrogen) atoms. The van der Waals surface area contributed by atoms with Gasteiger partial charge in [0.1, 0.15) is 23.7 Å². The molecule has 0 unspecified atom stereocenters. The third-order valence-corrected chi connectivity index (χ3v) is 15.4. The molecule has 0 saturated carbocycles.